The molecule has 0 aliphatic heterocycles. The Morgan fingerprint density at radius 1 is 0.923 bits per heavy atom. The van der Waals surface area contributed by atoms with Crippen molar-refractivity contribution in [2.75, 3.05) is 0 Å². The number of halogens is 3. The lowest BCUT2D eigenvalue weighted by Gasteiger charge is -2.60. The van der Waals surface area contributed by atoms with Gasteiger partial charge in [0, 0.05) is 8.65 Å². The minimum atomic E-state index is -0.869. The van der Waals surface area contributed by atoms with Gasteiger partial charge in [-0.15, -0.1) is 0 Å². The molecule has 4 fully saturated rings. The van der Waals surface area contributed by atoms with E-state index in [0.717, 1.165) is 25.7 Å². The van der Waals surface area contributed by atoms with E-state index in [1.54, 1.807) is 0 Å². The minimum Gasteiger partial charge on any atom is -0.244 e. The van der Waals surface area contributed by atoms with Gasteiger partial charge in [0.25, 0.3) is 0 Å². The Labute approximate surface area is 94.9 Å². The van der Waals surface area contributed by atoms with Crippen LogP contribution in [0.3, 0.4) is 0 Å². The van der Waals surface area contributed by atoms with Crippen LogP contribution in [-0.2, 0) is 0 Å². The van der Waals surface area contributed by atoms with Crippen molar-refractivity contribution in [1.82, 2.24) is 0 Å². The zero-order chi connectivity index (χ0) is 9.32. The second-order valence-corrected chi connectivity index (χ2v) is 8.83. The maximum absolute atomic E-state index is 14.3. The molecule has 2 atom stereocenters. The molecule has 0 aromatic carbocycles. The summed E-state index contributed by atoms with van der Waals surface area (Å²) in [5.74, 6) is 0.611. The second kappa shape index (κ2) is 2.34. The van der Waals surface area contributed by atoms with Crippen molar-refractivity contribution in [3.8, 4) is 0 Å². The van der Waals surface area contributed by atoms with Gasteiger partial charge in [0.05, 0.1) is 0 Å². The molecule has 0 N–H and O–H groups in total. The minimum absolute atomic E-state index is 0.116. The molecular formula is C10H13Br2F. The Morgan fingerprint density at radius 3 is 1.85 bits per heavy atom. The molecule has 4 aliphatic carbocycles. The van der Waals surface area contributed by atoms with Gasteiger partial charge >= 0.3 is 0 Å². The van der Waals surface area contributed by atoms with E-state index in [-0.39, 0.29) is 8.65 Å². The smallest absolute Gasteiger partial charge is 0.114 e. The van der Waals surface area contributed by atoms with Crippen molar-refractivity contribution >= 4 is 31.9 Å². The van der Waals surface area contributed by atoms with Gasteiger partial charge in [-0.25, -0.2) is 4.39 Å². The normalized spacial score (nSPS) is 64.4. The first kappa shape index (κ1) is 9.14. The van der Waals surface area contributed by atoms with Crippen LogP contribution in [0.4, 0.5) is 4.39 Å². The van der Waals surface area contributed by atoms with E-state index < -0.39 is 5.67 Å². The largest absolute Gasteiger partial charge is 0.244 e. The summed E-state index contributed by atoms with van der Waals surface area (Å²) in [6.45, 7) is 0. The fourth-order valence-electron chi connectivity index (χ4n) is 4.09. The van der Waals surface area contributed by atoms with Crippen molar-refractivity contribution < 1.29 is 4.39 Å². The lowest BCUT2D eigenvalue weighted by molar-refractivity contribution is -0.0422. The molecule has 13 heavy (non-hydrogen) atoms. The molecule has 0 amide bonds. The summed E-state index contributed by atoms with van der Waals surface area (Å²) >= 11 is 7.52. The van der Waals surface area contributed by atoms with E-state index >= 15 is 0 Å². The second-order valence-electron chi connectivity index (χ2n) is 5.46. The Hall–Kier alpha value is 0.890. The summed E-state index contributed by atoms with van der Waals surface area (Å²) in [6.07, 6.45) is 5.78. The highest BCUT2D eigenvalue weighted by atomic mass is 79.9. The molecule has 4 rings (SSSR count). The highest BCUT2D eigenvalue weighted by Crippen LogP contribution is 2.65. The third-order valence-electron chi connectivity index (χ3n) is 3.86. The fourth-order valence-corrected chi connectivity index (χ4v) is 7.46. The maximum atomic E-state index is 14.3. The Morgan fingerprint density at radius 2 is 1.46 bits per heavy atom. The molecule has 0 aromatic rings. The quantitative estimate of drug-likeness (QED) is 0.594. The van der Waals surface area contributed by atoms with Crippen LogP contribution in [0.25, 0.3) is 0 Å². The van der Waals surface area contributed by atoms with Gasteiger partial charge in [-0.3, -0.25) is 0 Å². The van der Waals surface area contributed by atoms with Crippen LogP contribution >= 0.6 is 31.9 Å². The molecule has 4 saturated carbocycles. The molecule has 0 aromatic heterocycles. The standard InChI is InChI=1S/C10H13Br2F/c11-8-1-7-2-9(12,4-8)6-10(13,3-7)5-8/h7H,1-6H2. The highest BCUT2D eigenvalue weighted by molar-refractivity contribution is 9.10. The van der Waals surface area contributed by atoms with Crippen LogP contribution in [0.2, 0.25) is 0 Å². The average Bonchev–Trinajstić information content (AvgIpc) is 1.71. The molecule has 0 saturated heterocycles. The SMILES string of the molecule is FC12CC3CC(Br)(C1)CC(Br)(C3)C2. The van der Waals surface area contributed by atoms with Crippen molar-refractivity contribution in [1.29, 1.82) is 0 Å². The maximum Gasteiger partial charge on any atom is 0.114 e. The average molecular weight is 312 g/mol. The van der Waals surface area contributed by atoms with Crippen LogP contribution < -0.4 is 0 Å². The number of hydrogen-bond donors (Lipinski definition) is 0. The van der Waals surface area contributed by atoms with Crippen molar-refractivity contribution in [3.63, 3.8) is 0 Å². The van der Waals surface area contributed by atoms with E-state index in [9.17, 15) is 4.39 Å². The number of rotatable bonds is 0. The third-order valence-corrected chi connectivity index (χ3v) is 5.63. The van der Waals surface area contributed by atoms with Crippen molar-refractivity contribution in [3.05, 3.63) is 0 Å². The van der Waals surface area contributed by atoms with Gasteiger partial charge in [-0.05, 0) is 44.4 Å². The van der Waals surface area contributed by atoms with E-state index in [0.29, 0.717) is 5.92 Å². The Bertz CT molecular complexity index is 215. The summed E-state index contributed by atoms with van der Waals surface area (Å²) in [5, 5.41) is 0. The van der Waals surface area contributed by atoms with Gasteiger partial charge in [-0.2, -0.15) is 0 Å². The highest BCUT2D eigenvalue weighted by Gasteiger charge is 2.62. The van der Waals surface area contributed by atoms with Gasteiger partial charge in [0.1, 0.15) is 5.67 Å². The first-order valence-electron chi connectivity index (χ1n) is 4.97. The lowest BCUT2D eigenvalue weighted by Crippen LogP contribution is -2.60. The summed E-state index contributed by atoms with van der Waals surface area (Å²) in [5.41, 5.74) is -0.869. The van der Waals surface area contributed by atoms with Gasteiger partial charge in [0.15, 0.2) is 0 Å². The van der Waals surface area contributed by atoms with Crippen LogP contribution in [0.5, 0.6) is 0 Å². The van der Waals surface area contributed by atoms with E-state index in [1.165, 1.54) is 12.8 Å². The Balaban J connectivity index is 2.03. The Kier molecular flexibility index (Phi) is 1.65. The number of alkyl halides is 3. The third kappa shape index (κ3) is 1.33. The topological polar surface area (TPSA) is 0 Å². The molecule has 4 bridgehead atoms. The van der Waals surface area contributed by atoms with Crippen molar-refractivity contribution in [2.45, 2.75) is 52.8 Å². The van der Waals surface area contributed by atoms with E-state index in [2.05, 4.69) is 31.9 Å². The summed E-state index contributed by atoms with van der Waals surface area (Å²) in [7, 11) is 0. The van der Waals surface area contributed by atoms with Gasteiger partial charge in [-0.1, -0.05) is 31.9 Å². The van der Waals surface area contributed by atoms with Gasteiger partial charge in [0.2, 0.25) is 0 Å². The van der Waals surface area contributed by atoms with Crippen LogP contribution in [0, 0.1) is 5.92 Å². The molecule has 0 radical (unpaired) electrons. The van der Waals surface area contributed by atoms with Crippen LogP contribution in [-0.4, -0.2) is 14.3 Å². The first-order valence-corrected chi connectivity index (χ1v) is 6.56. The monoisotopic (exact) mass is 310 g/mol. The van der Waals surface area contributed by atoms with Crippen LogP contribution in [0.15, 0.2) is 0 Å². The summed E-state index contributed by atoms with van der Waals surface area (Å²) in [6, 6.07) is 0. The van der Waals surface area contributed by atoms with Crippen LogP contribution in [0.1, 0.15) is 38.5 Å². The van der Waals surface area contributed by atoms with E-state index in [1.807, 2.05) is 0 Å². The lowest BCUT2D eigenvalue weighted by atomic mass is 9.55. The molecule has 4 aliphatic rings. The molecule has 0 nitrogen and oxygen atoms in total. The molecule has 3 heteroatoms. The van der Waals surface area contributed by atoms with E-state index in [4.69, 9.17) is 0 Å². The van der Waals surface area contributed by atoms with Crippen molar-refractivity contribution in [2.24, 2.45) is 5.92 Å². The zero-order valence-corrected chi connectivity index (χ0v) is 10.6. The summed E-state index contributed by atoms with van der Waals surface area (Å²) < 4.78 is 14.5. The molecule has 0 heterocycles. The molecule has 74 valence electrons. The first-order chi connectivity index (χ1) is 5.91. The predicted molar refractivity (Wildman–Crippen MR) is 58.3 cm³/mol. The summed E-state index contributed by atoms with van der Waals surface area (Å²) in [4.78, 5) is 0. The zero-order valence-electron chi connectivity index (χ0n) is 7.45. The fraction of sp³-hybridized carbons (Fsp3) is 1.00. The molecular weight excluding hydrogens is 299 g/mol. The number of hydrogen-bond acceptors (Lipinski definition) is 0. The van der Waals surface area contributed by atoms with Gasteiger partial charge < -0.3 is 0 Å². The molecule has 2 unspecified atom stereocenters. The molecule has 0 spiro atoms. The predicted octanol–water partition coefficient (Wildman–Crippen LogP) is 3.96.